The largest absolute Gasteiger partial charge is 0.325 e. The van der Waals surface area contributed by atoms with Crippen molar-refractivity contribution in [3.05, 3.63) is 64.4 Å². The van der Waals surface area contributed by atoms with Gasteiger partial charge in [0.25, 0.3) is 0 Å². The van der Waals surface area contributed by atoms with E-state index in [-0.39, 0.29) is 12.5 Å². The first kappa shape index (κ1) is 17.6. The standard InChI is InChI=1S/C19H17N5OS/c1-13-3-2-4-15(11-13)18-22-23-19(26)24(18)12-17(25)21-16-7-5-14(6-8-16)9-10-20/h2-8,11H,9,12H2,1H3,(H,21,25)(H,23,26). The van der Waals surface area contributed by atoms with Gasteiger partial charge in [0.15, 0.2) is 10.6 Å². The van der Waals surface area contributed by atoms with Crippen LogP contribution in [-0.2, 0) is 17.8 Å². The monoisotopic (exact) mass is 363 g/mol. The smallest absolute Gasteiger partial charge is 0.244 e. The highest BCUT2D eigenvalue weighted by Gasteiger charge is 2.12. The van der Waals surface area contributed by atoms with Gasteiger partial charge in [-0.05, 0) is 42.9 Å². The van der Waals surface area contributed by atoms with Gasteiger partial charge in [-0.15, -0.1) is 0 Å². The van der Waals surface area contributed by atoms with Gasteiger partial charge in [-0.2, -0.15) is 10.4 Å². The predicted molar refractivity (Wildman–Crippen MR) is 102 cm³/mol. The highest BCUT2D eigenvalue weighted by atomic mass is 32.1. The molecule has 2 aromatic carbocycles. The van der Waals surface area contributed by atoms with Gasteiger partial charge in [-0.3, -0.25) is 14.5 Å². The van der Waals surface area contributed by atoms with E-state index in [9.17, 15) is 4.79 Å². The van der Waals surface area contributed by atoms with Gasteiger partial charge in [0.1, 0.15) is 6.54 Å². The topological polar surface area (TPSA) is 86.5 Å². The van der Waals surface area contributed by atoms with Crippen molar-refractivity contribution in [3.8, 4) is 17.5 Å². The molecule has 1 amide bonds. The number of aryl methyl sites for hydroxylation is 1. The Bertz CT molecular complexity index is 1030. The second-order valence-corrected chi connectivity index (χ2v) is 6.27. The molecule has 0 fully saturated rings. The summed E-state index contributed by atoms with van der Waals surface area (Å²) < 4.78 is 2.06. The Kier molecular flexibility index (Phi) is 5.25. The number of benzene rings is 2. The zero-order valence-electron chi connectivity index (χ0n) is 14.2. The molecule has 3 aromatic rings. The molecule has 0 atom stereocenters. The van der Waals surface area contributed by atoms with Crippen molar-refractivity contribution in [2.75, 3.05) is 5.32 Å². The molecule has 7 heteroatoms. The molecule has 1 aromatic heterocycles. The van der Waals surface area contributed by atoms with Crippen LogP contribution in [-0.4, -0.2) is 20.7 Å². The predicted octanol–water partition coefficient (Wildman–Crippen LogP) is 3.62. The molecular weight excluding hydrogens is 346 g/mol. The number of amides is 1. The van der Waals surface area contributed by atoms with Crippen LogP contribution in [0.15, 0.2) is 48.5 Å². The van der Waals surface area contributed by atoms with Gasteiger partial charge in [0.05, 0.1) is 12.5 Å². The molecule has 6 nitrogen and oxygen atoms in total. The number of aromatic amines is 1. The van der Waals surface area contributed by atoms with Crippen molar-refractivity contribution in [1.29, 1.82) is 5.26 Å². The molecule has 3 rings (SSSR count). The molecule has 0 saturated carbocycles. The Morgan fingerprint density at radius 1 is 1.31 bits per heavy atom. The van der Waals surface area contributed by atoms with Gasteiger partial charge in [0.2, 0.25) is 5.91 Å². The van der Waals surface area contributed by atoms with Crippen molar-refractivity contribution < 1.29 is 4.79 Å². The average Bonchev–Trinajstić information content (AvgIpc) is 2.97. The first-order valence-electron chi connectivity index (χ1n) is 8.05. The molecule has 0 aliphatic rings. The Balaban J connectivity index is 1.77. The van der Waals surface area contributed by atoms with Crippen LogP contribution < -0.4 is 5.32 Å². The molecule has 0 bridgehead atoms. The lowest BCUT2D eigenvalue weighted by Crippen LogP contribution is -2.19. The molecule has 1 heterocycles. The molecular formula is C19H17N5OS. The third kappa shape index (κ3) is 4.05. The summed E-state index contributed by atoms with van der Waals surface area (Å²) in [5.74, 6) is 0.419. The van der Waals surface area contributed by atoms with E-state index in [1.807, 2.05) is 43.3 Å². The highest BCUT2D eigenvalue weighted by Crippen LogP contribution is 2.19. The minimum absolute atomic E-state index is 0.0541. The quantitative estimate of drug-likeness (QED) is 0.678. The van der Waals surface area contributed by atoms with Crippen molar-refractivity contribution in [2.45, 2.75) is 19.9 Å². The maximum atomic E-state index is 12.4. The minimum atomic E-state index is -0.204. The van der Waals surface area contributed by atoms with Crippen molar-refractivity contribution in [1.82, 2.24) is 14.8 Å². The number of anilines is 1. The molecule has 0 radical (unpaired) electrons. The lowest BCUT2D eigenvalue weighted by molar-refractivity contribution is -0.116. The SMILES string of the molecule is Cc1cccc(-c2n[nH]c(=S)n2CC(=O)Nc2ccc(CC#N)cc2)c1. The number of nitrogens with one attached hydrogen (secondary N) is 2. The molecule has 0 saturated heterocycles. The van der Waals surface area contributed by atoms with Crippen LogP contribution in [0.5, 0.6) is 0 Å². The Morgan fingerprint density at radius 2 is 2.08 bits per heavy atom. The number of nitriles is 1. The molecule has 0 aliphatic heterocycles. The van der Waals surface area contributed by atoms with Gasteiger partial charge >= 0.3 is 0 Å². The Hall–Kier alpha value is -3.24. The first-order chi connectivity index (χ1) is 12.6. The summed E-state index contributed by atoms with van der Waals surface area (Å²) in [4.78, 5) is 12.4. The summed E-state index contributed by atoms with van der Waals surface area (Å²) in [7, 11) is 0. The summed E-state index contributed by atoms with van der Waals surface area (Å²) in [6.45, 7) is 2.05. The lowest BCUT2D eigenvalue weighted by Gasteiger charge is -2.09. The number of carbonyl (C=O) groups is 1. The number of rotatable bonds is 5. The number of hydrogen-bond acceptors (Lipinski definition) is 4. The average molecular weight is 363 g/mol. The Morgan fingerprint density at radius 3 is 2.77 bits per heavy atom. The van der Waals surface area contributed by atoms with Gasteiger partial charge in [-0.1, -0.05) is 35.9 Å². The van der Waals surface area contributed by atoms with Crippen LogP contribution in [0.3, 0.4) is 0 Å². The van der Waals surface area contributed by atoms with Crippen molar-refractivity contribution in [2.24, 2.45) is 0 Å². The van der Waals surface area contributed by atoms with E-state index in [2.05, 4.69) is 21.6 Å². The van der Waals surface area contributed by atoms with E-state index in [0.717, 1.165) is 16.7 Å². The van der Waals surface area contributed by atoms with Crippen LogP contribution in [0.25, 0.3) is 11.4 Å². The summed E-state index contributed by atoms with van der Waals surface area (Å²) in [5.41, 5.74) is 3.57. The Labute approximate surface area is 156 Å². The first-order valence-corrected chi connectivity index (χ1v) is 8.45. The van der Waals surface area contributed by atoms with Gasteiger partial charge in [-0.25, -0.2) is 0 Å². The van der Waals surface area contributed by atoms with Crippen LogP contribution >= 0.6 is 12.2 Å². The van der Waals surface area contributed by atoms with E-state index < -0.39 is 0 Å². The number of aromatic nitrogens is 3. The fourth-order valence-corrected chi connectivity index (χ4v) is 2.81. The second kappa shape index (κ2) is 7.76. The van der Waals surface area contributed by atoms with Crippen LogP contribution in [0, 0.1) is 23.0 Å². The number of carbonyl (C=O) groups excluding carboxylic acids is 1. The molecule has 2 N–H and O–H groups in total. The normalized spacial score (nSPS) is 10.3. The third-order valence-electron chi connectivity index (χ3n) is 3.86. The zero-order chi connectivity index (χ0) is 18.5. The van der Waals surface area contributed by atoms with E-state index in [4.69, 9.17) is 17.5 Å². The number of H-pyrrole nitrogens is 1. The maximum absolute atomic E-state index is 12.4. The summed E-state index contributed by atoms with van der Waals surface area (Å²) >= 11 is 5.27. The molecule has 26 heavy (non-hydrogen) atoms. The summed E-state index contributed by atoms with van der Waals surface area (Å²) in [5, 5.41) is 18.5. The van der Waals surface area contributed by atoms with Crippen LogP contribution in [0.4, 0.5) is 5.69 Å². The molecule has 0 spiro atoms. The second-order valence-electron chi connectivity index (χ2n) is 5.89. The highest BCUT2D eigenvalue weighted by molar-refractivity contribution is 7.71. The third-order valence-corrected chi connectivity index (χ3v) is 4.17. The number of nitrogens with zero attached hydrogens (tertiary/aromatic N) is 3. The number of hydrogen-bond donors (Lipinski definition) is 2. The van der Waals surface area contributed by atoms with Crippen molar-refractivity contribution in [3.63, 3.8) is 0 Å². The van der Waals surface area contributed by atoms with Gasteiger partial charge < -0.3 is 5.32 Å². The fraction of sp³-hybridized carbons (Fsp3) is 0.158. The van der Waals surface area contributed by atoms with E-state index in [0.29, 0.717) is 22.7 Å². The molecule has 0 aliphatic carbocycles. The molecule has 130 valence electrons. The van der Waals surface area contributed by atoms with Gasteiger partial charge in [0, 0.05) is 11.3 Å². The fourth-order valence-electron chi connectivity index (χ4n) is 2.61. The van der Waals surface area contributed by atoms with Crippen LogP contribution in [0.2, 0.25) is 0 Å². The van der Waals surface area contributed by atoms with E-state index in [1.165, 1.54) is 0 Å². The van der Waals surface area contributed by atoms with Crippen LogP contribution in [0.1, 0.15) is 11.1 Å². The lowest BCUT2D eigenvalue weighted by atomic mass is 10.1. The summed E-state index contributed by atoms with van der Waals surface area (Å²) in [6, 6.07) is 17.2. The maximum Gasteiger partial charge on any atom is 0.244 e. The molecule has 0 unspecified atom stereocenters. The zero-order valence-corrected chi connectivity index (χ0v) is 15.0. The summed E-state index contributed by atoms with van der Waals surface area (Å²) in [6.07, 6.45) is 0.345. The van der Waals surface area contributed by atoms with Crippen molar-refractivity contribution >= 4 is 23.8 Å². The van der Waals surface area contributed by atoms with E-state index in [1.54, 1.807) is 16.7 Å². The van der Waals surface area contributed by atoms with E-state index >= 15 is 0 Å². The minimum Gasteiger partial charge on any atom is -0.325 e.